The molecular formula is C10H12N2O2. The van der Waals surface area contributed by atoms with E-state index in [0.29, 0.717) is 5.56 Å². The van der Waals surface area contributed by atoms with Crippen molar-refractivity contribution in [3.05, 3.63) is 24.3 Å². The molecule has 1 heterocycles. The second-order valence-electron chi connectivity index (χ2n) is 3.51. The summed E-state index contributed by atoms with van der Waals surface area (Å²) in [6.07, 6.45) is 7.14. The van der Waals surface area contributed by atoms with Crippen LogP contribution in [0.2, 0.25) is 0 Å². The Labute approximate surface area is 82.3 Å². The Kier molecular flexibility index (Phi) is 2.29. The number of ketones is 1. The van der Waals surface area contributed by atoms with E-state index in [2.05, 4.69) is 9.97 Å². The Morgan fingerprint density at radius 2 is 2.07 bits per heavy atom. The predicted molar refractivity (Wildman–Crippen MR) is 50.0 cm³/mol. The van der Waals surface area contributed by atoms with E-state index in [1.54, 1.807) is 7.11 Å². The number of hydrogen-bond donors (Lipinski definition) is 0. The summed E-state index contributed by atoms with van der Waals surface area (Å²) >= 11 is 0. The molecule has 0 unspecified atom stereocenters. The number of ether oxygens (including phenoxy) is 1. The summed E-state index contributed by atoms with van der Waals surface area (Å²) in [5, 5.41) is 0. The molecule has 4 heteroatoms. The van der Waals surface area contributed by atoms with Crippen molar-refractivity contribution in [2.75, 3.05) is 7.11 Å². The van der Waals surface area contributed by atoms with Crippen molar-refractivity contribution in [2.24, 2.45) is 0 Å². The van der Waals surface area contributed by atoms with Gasteiger partial charge in [-0.15, -0.1) is 0 Å². The van der Waals surface area contributed by atoms with Crippen LogP contribution in [-0.4, -0.2) is 28.5 Å². The maximum atomic E-state index is 12.0. The SMILES string of the molecule is COC1(C(=O)c2cncnc2)CCC1. The maximum Gasteiger partial charge on any atom is 0.197 e. The minimum absolute atomic E-state index is 0.00634. The second-order valence-corrected chi connectivity index (χ2v) is 3.51. The van der Waals surface area contributed by atoms with Crippen molar-refractivity contribution in [1.82, 2.24) is 9.97 Å². The first-order valence-electron chi connectivity index (χ1n) is 4.63. The standard InChI is InChI=1S/C10H12N2O2/c1-14-10(3-2-4-10)9(13)8-5-11-7-12-6-8/h5-7H,2-4H2,1H3. The molecule has 4 nitrogen and oxygen atoms in total. The summed E-state index contributed by atoms with van der Waals surface area (Å²) in [5.74, 6) is 0.00634. The molecule has 0 radical (unpaired) electrons. The number of carbonyl (C=O) groups is 1. The maximum absolute atomic E-state index is 12.0. The van der Waals surface area contributed by atoms with Crippen molar-refractivity contribution >= 4 is 5.78 Å². The second kappa shape index (κ2) is 3.46. The molecule has 14 heavy (non-hydrogen) atoms. The van der Waals surface area contributed by atoms with E-state index in [1.165, 1.54) is 18.7 Å². The Bertz CT molecular complexity index is 328. The fourth-order valence-electron chi connectivity index (χ4n) is 1.70. The number of methoxy groups -OCH3 is 1. The minimum atomic E-state index is -0.593. The van der Waals surface area contributed by atoms with Gasteiger partial charge in [-0.25, -0.2) is 9.97 Å². The summed E-state index contributed by atoms with van der Waals surface area (Å²) < 4.78 is 5.28. The average Bonchev–Trinajstić information content (AvgIpc) is 2.18. The molecule has 1 aliphatic carbocycles. The third kappa shape index (κ3) is 1.32. The van der Waals surface area contributed by atoms with Gasteiger partial charge in [-0.1, -0.05) is 0 Å². The molecule has 1 aromatic rings. The van der Waals surface area contributed by atoms with E-state index in [-0.39, 0.29) is 5.78 Å². The third-order valence-corrected chi connectivity index (χ3v) is 2.79. The first-order chi connectivity index (χ1) is 6.78. The molecule has 0 aromatic carbocycles. The van der Waals surface area contributed by atoms with Gasteiger partial charge in [0.15, 0.2) is 5.78 Å². The minimum Gasteiger partial charge on any atom is -0.370 e. The smallest absolute Gasteiger partial charge is 0.197 e. The zero-order chi connectivity index (χ0) is 10.0. The van der Waals surface area contributed by atoms with E-state index in [9.17, 15) is 4.79 Å². The van der Waals surface area contributed by atoms with Gasteiger partial charge in [0.2, 0.25) is 0 Å². The van der Waals surface area contributed by atoms with Crippen LogP contribution in [0.25, 0.3) is 0 Å². The Morgan fingerprint density at radius 1 is 1.43 bits per heavy atom. The molecule has 0 N–H and O–H groups in total. The normalized spacial score (nSPS) is 18.6. The van der Waals surface area contributed by atoms with Gasteiger partial charge in [0.1, 0.15) is 11.9 Å². The van der Waals surface area contributed by atoms with Gasteiger partial charge in [-0.2, -0.15) is 0 Å². The van der Waals surface area contributed by atoms with E-state index >= 15 is 0 Å². The molecule has 1 fully saturated rings. The third-order valence-electron chi connectivity index (χ3n) is 2.79. The highest BCUT2D eigenvalue weighted by atomic mass is 16.5. The average molecular weight is 192 g/mol. The van der Waals surface area contributed by atoms with Gasteiger partial charge >= 0.3 is 0 Å². The molecule has 2 rings (SSSR count). The largest absolute Gasteiger partial charge is 0.370 e. The number of aromatic nitrogens is 2. The first kappa shape index (κ1) is 9.27. The van der Waals surface area contributed by atoms with Crippen LogP contribution in [0, 0.1) is 0 Å². The van der Waals surface area contributed by atoms with Crippen LogP contribution in [0.1, 0.15) is 29.6 Å². The molecular weight excluding hydrogens is 180 g/mol. The predicted octanol–water partition coefficient (Wildman–Crippen LogP) is 1.23. The zero-order valence-corrected chi connectivity index (χ0v) is 8.06. The van der Waals surface area contributed by atoms with Gasteiger partial charge in [0.05, 0.1) is 5.56 Å². The monoisotopic (exact) mass is 192 g/mol. The first-order valence-corrected chi connectivity index (χ1v) is 4.63. The molecule has 1 aromatic heterocycles. The van der Waals surface area contributed by atoms with Gasteiger partial charge in [0.25, 0.3) is 0 Å². The molecule has 74 valence electrons. The summed E-state index contributed by atoms with van der Waals surface area (Å²) in [5.41, 5.74) is -0.0564. The van der Waals surface area contributed by atoms with Crippen molar-refractivity contribution in [3.8, 4) is 0 Å². The van der Waals surface area contributed by atoms with Crippen LogP contribution in [0.5, 0.6) is 0 Å². The fourth-order valence-corrected chi connectivity index (χ4v) is 1.70. The van der Waals surface area contributed by atoms with Gasteiger partial charge < -0.3 is 4.74 Å². The summed E-state index contributed by atoms with van der Waals surface area (Å²) in [6, 6.07) is 0. The summed E-state index contributed by atoms with van der Waals surface area (Å²) in [6.45, 7) is 0. The van der Waals surface area contributed by atoms with Crippen LogP contribution < -0.4 is 0 Å². The number of hydrogen-bond acceptors (Lipinski definition) is 4. The van der Waals surface area contributed by atoms with Crippen molar-refractivity contribution < 1.29 is 9.53 Å². The molecule has 0 amide bonds. The highest BCUT2D eigenvalue weighted by Crippen LogP contribution is 2.37. The van der Waals surface area contributed by atoms with Crippen molar-refractivity contribution in [1.29, 1.82) is 0 Å². The summed E-state index contributed by atoms with van der Waals surface area (Å²) in [7, 11) is 1.58. The fraction of sp³-hybridized carbons (Fsp3) is 0.500. The molecule has 0 bridgehead atoms. The number of carbonyl (C=O) groups excluding carboxylic acids is 1. The van der Waals surface area contributed by atoms with Crippen LogP contribution in [0.15, 0.2) is 18.7 Å². The molecule has 0 spiro atoms. The van der Waals surface area contributed by atoms with Crippen molar-refractivity contribution in [2.45, 2.75) is 24.9 Å². The van der Waals surface area contributed by atoms with E-state index in [1.807, 2.05) is 0 Å². The lowest BCUT2D eigenvalue weighted by molar-refractivity contribution is -0.0448. The molecule has 1 saturated carbocycles. The Hall–Kier alpha value is -1.29. The van der Waals surface area contributed by atoms with Crippen LogP contribution in [-0.2, 0) is 4.74 Å². The van der Waals surface area contributed by atoms with Gasteiger partial charge in [-0.05, 0) is 19.3 Å². The Balaban J connectivity index is 2.23. The van der Waals surface area contributed by atoms with Crippen LogP contribution in [0.3, 0.4) is 0 Å². The van der Waals surface area contributed by atoms with Crippen LogP contribution in [0.4, 0.5) is 0 Å². The van der Waals surface area contributed by atoms with E-state index in [4.69, 9.17) is 4.74 Å². The number of rotatable bonds is 3. The summed E-state index contributed by atoms with van der Waals surface area (Å²) in [4.78, 5) is 19.6. The molecule has 0 aliphatic heterocycles. The quantitative estimate of drug-likeness (QED) is 0.676. The Morgan fingerprint density at radius 3 is 2.50 bits per heavy atom. The van der Waals surface area contributed by atoms with Gasteiger partial charge in [-0.3, -0.25) is 4.79 Å². The topological polar surface area (TPSA) is 52.1 Å². The zero-order valence-electron chi connectivity index (χ0n) is 8.06. The number of Topliss-reactive ketones (excluding diaryl/α,β-unsaturated/α-hetero) is 1. The van der Waals surface area contributed by atoms with E-state index < -0.39 is 5.60 Å². The van der Waals surface area contributed by atoms with Crippen LogP contribution >= 0.6 is 0 Å². The number of nitrogens with zero attached hydrogens (tertiary/aromatic N) is 2. The highest BCUT2D eigenvalue weighted by molar-refractivity contribution is 6.02. The lowest BCUT2D eigenvalue weighted by Gasteiger charge is -2.38. The molecule has 1 aliphatic rings. The van der Waals surface area contributed by atoms with Gasteiger partial charge in [0, 0.05) is 19.5 Å². The highest BCUT2D eigenvalue weighted by Gasteiger charge is 2.44. The molecule has 0 atom stereocenters. The lowest BCUT2D eigenvalue weighted by atomic mass is 9.75. The van der Waals surface area contributed by atoms with Crippen molar-refractivity contribution in [3.63, 3.8) is 0 Å². The van der Waals surface area contributed by atoms with E-state index in [0.717, 1.165) is 19.3 Å². The lowest BCUT2D eigenvalue weighted by Crippen LogP contribution is -2.47. The molecule has 0 saturated heterocycles.